The molecule has 9 nitrogen and oxygen atoms in total. The smallest absolute Gasteiger partial charge is 0.410 e. The summed E-state index contributed by atoms with van der Waals surface area (Å²) < 4.78 is 18.8. The lowest BCUT2D eigenvalue weighted by molar-refractivity contribution is 0.0290. The van der Waals surface area contributed by atoms with E-state index < -0.39 is 5.60 Å². The molecule has 0 radical (unpaired) electrons. The molecule has 1 aliphatic heterocycles. The first-order valence-electron chi connectivity index (χ1n) is 11.0. The number of carbonyl (C=O) groups is 2. The number of carbonyl (C=O) groups excluding carboxylic acids is 2. The number of amides is 2. The summed E-state index contributed by atoms with van der Waals surface area (Å²) in [5.74, 6) is 0.926. The molecule has 3 aromatic rings. The van der Waals surface area contributed by atoms with Gasteiger partial charge in [0.05, 0.1) is 11.3 Å². The SMILES string of the molecule is Cc1oc2ccc(OCc3ccn(C)n3)cc2c1C(=O)N[C@@H]1CCN(C(=O)OC(C)(C)C)C1. The van der Waals surface area contributed by atoms with E-state index >= 15 is 0 Å². The minimum absolute atomic E-state index is 0.155. The minimum Gasteiger partial charge on any atom is -0.487 e. The van der Waals surface area contributed by atoms with Crippen molar-refractivity contribution in [3.05, 3.63) is 47.5 Å². The standard InChI is InChI=1S/C24H30N4O5/c1-15-21(22(29)25-16-9-11-28(13-16)23(30)33-24(2,3)4)19-12-18(6-7-20(19)32-15)31-14-17-8-10-27(5)26-17/h6-8,10,12,16H,9,11,13-14H2,1-5H3,(H,25,29)/t16-/m1/s1. The van der Waals surface area contributed by atoms with Gasteiger partial charge in [0, 0.05) is 37.8 Å². The Bertz CT molecular complexity index is 1170. The van der Waals surface area contributed by atoms with Crippen LogP contribution < -0.4 is 10.1 Å². The quantitative estimate of drug-likeness (QED) is 0.630. The summed E-state index contributed by atoms with van der Waals surface area (Å²) in [4.78, 5) is 27.1. The number of hydrogen-bond acceptors (Lipinski definition) is 6. The molecule has 0 bridgehead atoms. The number of likely N-dealkylation sites (tertiary alicyclic amines) is 1. The zero-order valence-corrected chi connectivity index (χ0v) is 19.7. The maximum Gasteiger partial charge on any atom is 0.410 e. The molecule has 4 rings (SSSR count). The van der Waals surface area contributed by atoms with E-state index in [4.69, 9.17) is 13.9 Å². The first-order chi connectivity index (χ1) is 15.6. The molecule has 0 aliphatic carbocycles. The molecule has 0 spiro atoms. The summed E-state index contributed by atoms with van der Waals surface area (Å²) in [6.07, 6.45) is 2.16. The minimum atomic E-state index is -0.554. The van der Waals surface area contributed by atoms with Crippen LogP contribution in [0.15, 0.2) is 34.9 Å². The van der Waals surface area contributed by atoms with Gasteiger partial charge in [-0.3, -0.25) is 9.48 Å². The predicted octanol–water partition coefficient (Wildman–Crippen LogP) is 3.79. The van der Waals surface area contributed by atoms with E-state index in [0.717, 1.165) is 5.69 Å². The van der Waals surface area contributed by atoms with Crippen molar-refractivity contribution in [1.82, 2.24) is 20.0 Å². The van der Waals surface area contributed by atoms with Crippen LogP contribution in [-0.4, -0.2) is 51.4 Å². The highest BCUT2D eigenvalue weighted by Crippen LogP contribution is 2.30. The molecular formula is C24H30N4O5. The number of nitrogens with zero attached hydrogens (tertiary/aromatic N) is 3. The van der Waals surface area contributed by atoms with Crippen LogP contribution in [0.2, 0.25) is 0 Å². The predicted molar refractivity (Wildman–Crippen MR) is 122 cm³/mol. The van der Waals surface area contributed by atoms with Crippen LogP contribution in [0.3, 0.4) is 0 Å². The van der Waals surface area contributed by atoms with Crippen molar-refractivity contribution in [3.63, 3.8) is 0 Å². The number of aromatic nitrogens is 2. The third-order valence-electron chi connectivity index (χ3n) is 5.39. The monoisotopic (exact) mass is 454 g/mol. The van der Waals surface area contributed by atoms with Crippen LogP contribution in [0.1, 0.15) is 49.0 Å². The molecule has 33 heavy (non-hydrogen) atoms. The molecule has 9 heteroatoms. The highest BCUT2D eigenvalue weighted by atomic mass is 16.6. The van der Waals surface area contributed by atoms with Gasteiger partial charge in [-0.25, -0.2) is 4.79 Å². The van der Waals surface area contributed by atoms with E-state index in [-0.39, 0.29) is 18.0 Å². The van der Waals surface area contributed by atoms with Crippen LogP contribution in [0.4, 0.5) is 4.79 Å². The lowest BCUT2D eigenvalue weighted by Gasteiger charge is -2.24. The normalized spacial score (nSPS) is 16.3. The number of hydrogen-bond donors (Lipinski definition) is 1. The second kappa shape index (κ2) is 8.80. The van der Waals surface area contributed by atoms with Crippen LogP contribution >= 0.6 is 0 Å². The third kappa shape index (κ3) is 5.30. The second-order valence-electron chi connectivity index (χ2n) is 9.35. The topological polar surface area (TPSA) is 98.8 Å². The fourth-order valence-electron chi connectivity index (χ4n) is 3.90. The van der Waals surface area contributed by atoms with Crippen molar-refractivity contribution < 1.29 is 23.5 Å². The lowest BCUT2D eigenvalue weighted by Crippen LogP contribution is -2.40. The summed E-state index contributed by atoms with van der Waals surface area (Å²) >= 11 is 0. The van der Waals surface area contributed by atoms with Gasteiger partial charge in [0.15, 0.2) is 0 Å². The van der Waals surface area contributed by atoms with Gasteiger partial charge in [-0.2, -0.15) is 5.10 Å². The third-order valence-corrected chi connectivity index (χ3v) is 5.39. The maximum atomic E-state index is 13.1. The van der Waals surface area contributed by atoms with Gasteiger partial charge in [-0.1, -0.05) is 0 Å². The number of benzene rings is 1. The largest absolute Gasteiger partial charge is 0.487 e. The van der Waals surface area contributed by atoms with Crippen LogP contribution in [0.5, 0.6) is 5.75 Å². The van der Waals surface area contributed by atoms with Gasteiger partial charge in [0.2, 0.25) is 0 Å². The van der Waals surface area contributed by atoms with E-state index in [9.17, 15) is 9.59 Å². The Balaban J connectivity index is 1.44. The summed E-state index contributed by atoms with van der Waals surface area (Å²) in [5, 5.41) is 8.03. The van der Waals surface area contributed by atoms with Crippen LogP contribution in [-0.2, 0) is 18.4 Å². The maximum absolute atomic E-state index is 13.1. The van der Waals surface area contributed by atoms with E-state index in [0.29, 0.717) is 54.2 Å². The molecule has 1 saturated heterocycles. The Morgan fingerprint density at radius 2 is 2.06 bits per heavy atom. The molecule has 2 aromatic heterocycles. The first-order valence-corrected chi connectivity index (χ1v) is 11.0. The molecule has 176 valence electrons. The van der Waals surface area contributed by atoms with E-state index in [2.05, 4.69) is 10.4 Å². The van der Waals surface area contributed by atoms with E-state index in [1.165, 1.54) is 0 Å². The van der Waals surface area contributed by atoms with Crippen molar-refractivity contribution in [2.45, 2.75) is 52.4 Å². The zero-order chi connectivity index (χ0) is 23.8. The molecule has 1 atom stereocenters. The zero-order valence-electron chi connectivity index (χ0n) is 19.7. The van der Waals surface area contributed by atoms with Crippen LogP contribution in [0, 0.1) is 6.92 Å². The summed E-state index contributed by atoms with van der Waals surface area (Å²) in [5.41, 5.74) is 1.35. The fraction of sp³-hybridized carbons (Fsp3) is 0.458. The molecule has 1 fully saturated rings. The molecule has 3 heterocycles. The number of rotatable bonds is 5. The number of ether oxygens (including phenoxy) is 2. The van der Waals surface area contributed by atoms with Crippen LogP contribution in [0.25, 0.3) is 11.0 Å². The molecule has 0 unspecified atom stereocenters. The van der Waals surface area contributed by atoms with Gasteiger partial charge < -0.3 is 24.1 Å². The van der Waals surface area contributed by atoms with Gasteiger partial charge in [0.1, 0.15) is 29.3 Å². The molecule has 2 amide bonds. The molecule has 1 aliphatic rings. The average molecular weight is 455 g/mol. The number of nitrogens with one attached hydrogen (secondary N) is 1. The van der Waals surface area contributed by atoms with E-state index in [1.54, 1.807) is 22.6 Å². The van der Waals surface area contributed by atoms with Gasteiger partial charge >= 0.3 is 6.09 Å². The molecular weight excluding hydrogens is 424 g/mol. The van der Waals surface area contributed by atoms with Crippen molar-refractivity contribution in [2.75, 3.05) is 13.1 Å². The number of aryl methyl sites for hydroxylation is 2. The number of furan rings is 1. The molecule has 1 aromatic carbocycles. The lowest BCUT2D eigenvalue weighted by atomic mass is 10.1. The average Bonchev–Trinajstić information content (AvgIpc) is 3.43. The highest BCUT2D eigenvalue weighted by molar-refractivity contribution is 6.07. The van der Waals surface area contributed by atoms with Crippen molar-refractivity contribution >= 4 is 23.0 Å². The summed E-state index contributed by atoms with van der Waals surface area (Å²) in [7, 11) is 1.85. The number of fused-ring (bicyclic) bond motifs is 1. The molecule has 0 saturated carbocycles. The van der Waals surface area contributed by atoms with Gasteiger partial charge in [0.25, 0.3) is 5.91 Å². The van der Waals surface area contributed by atoms with Gasteiger partial charge in [-0.15, -0.1) is 0 Å². The Morgan fingerprint density at radius 3 is 2.76 bits per heavy atom. The van der Waals surface area contributed by atoms with Crippen molar-refractivity contribution in [1.29, 1.82) is 0 Å². The first kappa shape index (κ1) is 22.7. The highest BCUT2D eigenvalue weighted by Gasteiger charge is 2.31. The Hall–Kier alpha value is -3.49. The molecule has 1 N–H and O–H groups in total. The Labute approximate surface area is 192 Å². The fourth-order valence-corrected chi connectivity index (χ4v) is 3.90. The van der Waals surface area contributed by atoms with Crippen molar-refractivity contribution in [3.8, 4) is 5.75 Å². The summed E-state index contributed by atoms with van der Waals surface area (Å²) in [6, 6.07) is 7.16. The summed E-state index contributed by atoms with van der Waals surface area (Å²) in [6.45, 7) is 8.55. The Morgan fingerprint density at radius 1 is 1.27 bits per heavy atom. The van der Waals surface area contributed by atoms with Gasteiger partial charge in [-0.05, 0) is 58.4 Å². The van der Waals surface area contributed by atoms with E-state index in [1.807, 2.05) is 52.2 Å². The Kier molecular flexibility index (Phi) is 6.05. The van der Waals surface area contributed by atoms with Crippen molar-refractivity contribution in [2.24, 2.45) is 7.05 Å². The second-order valence-corrected chi connectivity index (χ2v) is 9.35.